The maximum absolute atomic E-state index is 12.5. The third-order valence-electron chi connectivity index (χ3n) is 7.13. The van der Waals surface area contributed by atoms with Gasteiger partial charge in [-0.2, -0.15) is 0 Å². The number of amides is 2. The highest BCUT2D eigenvalue weighted by Gasteiger charge is 2.30. The lowest BCUT2D eigenvalue weighted by atomic mass is 9.81. The summed E-state index contributed by atoms with van der Waals surface area (Å²) in [5.74, 6) is -1.08. The number of piperazine rings is 1. The van der Waals surface area contributed by atoms with E-state index in [1.165, 1.54) is 5.56 Å². The van der Waals surface area contributed by atoms with Crippen molar-refractivity contribution >= 4 is 23.5 Å². The first kappa shape index (κ1) is 25.7. The van der Waals surface area contributed by atoms with E-state index >= 15 is 0 Å². The van der Waals surface area contributed by atoms with Crippen molar-refractivity contribution in [2.45, 2.75) is 39.2 Å². The Balaban J connectivity index is 1.19. The number of esters is 1. The Morgan fingerprint density at radius 3 is 2.11 bits per heavy atom. The number of hydrogen-bond acceptors (Lipinski definition) is 6. The molecule has 2 N–H and O–H groups in total. The molecule has 2 fully saturated rings. The van der Waals surface area contributed by atoms with Crippen LogP contribution in [-0.4, -0.2) is 55.5 Å². The molecule has 0 atom stereocenters. The third kappa shape index (κ3) is 6.85. The number of ether oxygens (including phenoxy) is 1. The summed E-state index contributed by atoms with van der Waals surface area (Å²) in [4.78, 5) is 41.7. The molecule has 1 heterocycles. The minimum absolute atomic E-state index is 0.131. The van der Waals surface area contributed by atoms with E-state index in [0.717, 1.165) is 38.4 Å². The topological polar surface area (TPSA) is 91.0 Å². The minimum atomic E-state index is -0.345. The zero-order valence-corrected chi connectivity index (χ0v) is 20.9. The summed E-state index contributed by atoms with van der Waals surface area (Å²) in [5.41, 5.74) is 8.00. The van der Waals surface area contributed by atoms with Crippen LogP contribution in [0.25, 0.3) is 0 Å². The van der Waals surface area contributed by atoms with Gasteiger partial charge >= 0.3 is 5.97 Å². The van der Waals surface area contributed by atoms with Crippen molar-refractivity contribution in [2.24, 2.45) is 11.8 Å². The molecule has 0 bridgehead atoms. The van der Waals surface area contributed by atoms with Crippen LogP contribution in [0.4, 0.5) is 5.69 Å². The van der Waals surface area contributed by atoms with Gasteiger partial charge in [0.15, 0.2) is 0 Å². The Morgan fingerprint density at radius 2 is 1.47 bits per heavy atom. The number of anilines is 1. The fraction of sp³-hybridized carbons (Fsp3) is 0.464. The van der Waals surface area contributed by atoms with Crippen molar-refractivity contribution in [3.05, 3.63) is 65.7 Å². The molecule has 0 spiro atoms. The van der Waals surface area contributed by atoms with Gasteiger partial charge in [-0.15, -0.1) is 0 Å². The van der Waals surface area contributed by atoms with Crippen LogP contribution in [0.5, 0.6) is 0 Å². The van der Waals surface area contributed by atoms with Crippen LogP contribution in [0.15, 0.2) is 54.6 Å². The monoisotopic (exact) mass is 492 g/mol. The van der Waals surface area contributed by atoms with Crippen LogP contribution in [0.2, 0.25) is 0 Å². The first-order valence-corrected chi connectivity index (χ1v) is 12.9. The van der Waals surface area contributed by atoms with E-state index in [1.54, 1.807) is 19.1 Å². The number of carbonyl (C=O) groups is 3. The zero-order valence-electron chi connectivity index (χ0n) is 20.9. The van der Waals surface area contributed by atoms with E-state index in [-0.39, 0.29) is 29.6 Å². The smallest absolute Gasteiger partial charge is 0.308 e. The van der Waals surface area contributed by atoms with Crippen molar-refractivity contribution in [3.8, 4) is 0 Å². The molecule has 0 radical (unpaired) electrons. The van der Waals surface area contributed by atoms with Gasteiger partial charge in [-0.1, -0.05) is 30.3 Å². The van der Waals surface area contributed by atoms with Gasteiger partial charge in [0, 0.05) is 49.9 Å². The molecule has 1 saturated heterocycles. The van der Waals surface area contributed by atoms with Crippen LogP contribution >= 0.6 is 0 Å². The Morgan fingerprint density at radius 1 is 0.833 bits per heavy atom. The SMILES string of the molecule is CCOC(=O)C1CCC(C(=O)NNC(=O)c2ccc(N3CCN(Cc4ccccc4)CC3)cc2)CC1. The predicted molar refractivity (Wildman–Crippen MR) is 138 cm³/mol. The van der Waals surface area contributed by atoms with E-state index in [0.29, 0.717) is 37.9 Å². The quantitative estimate of drug-likeness (QED) is 0.456. The van der Waals surface area contributed by atoms with Crippen molar-refractivity contribution in [2.75, 3.05) is 37.7 Å². The van der Waals surface area contributed by atoms with Gasteiger partial charge < -0.3 is 9.64 Å². The summed E-state index contributed by atoms with van der Waals surface area (Å²) in [7, 11) is 0. The highest BCUT2D eigenvalue weighted by Crippen LogP contribution is 2.29. The second-order valence-corrected chi connectivity index (χ2v) is 9.54. The van der Waals surface area contributed by atoms with Crippen LogP contribution in [0, 0.1) is 11.8 Å². The lowest BCUT2D eigenvalue weighted by Crippen LogP contribution is -2.46. The molecular weight excluding hydrogens is 456 g/mol. The second kappa shape index (κ2) is 12.5. The fourth-order valence-electron chi connectivity index (χ4n) is 4.97. The van der Waals surface area contributed by atoms with Crippen LogP contribution in [0.3, 0.4) is 0 Å². The van der Waals surface area contributed by atoms with Crippen molar-refractivity contribution in [1.29, 1.82) is 0 Å². The first-order chi connectivity index (χ1) is 17.5. The number of rotatable bonds is 7. The molecule has 2 aliphatic rings. The second-order valence-electron chi connectivity index (χ2n) is 9.54. The van der Waals surface area contributed by atoms with Crippen molar-refractivity contribution in [3.63, 3.8) is 0 Å². The number of nitrogens with one attached hydrogen (secondary N) is 2. The molecule has 192 valence electrons. The standard InChI is InChI=1S/C28H36N4O4/c1-2-36-28(35)24-10-8-22(9-11-24)26(33)29-30-27(34)23-12-14-25(15-13-23)32-18-16-31(17-19-32)20-21-6-4-3-5-7-21/h3-7,12-15,22,24H,2,8-11,16-20H2,1H3,(H,29,33)(H,30,34). The van der Waals surface area contributed by atoms with E-state index in [2.05, 4.69) is 44.9 Å². The molecule has 0 aromatic heterocycles. The van der Waals surface area contributed by atoms with Gasteiger partial charge in [0.2, 0.25) is 5.91 Å². The Hall–Kier alpha value is -3.39. The fourth-order valence-corrected chi connectivity index (χ4v) is 4.97. The van der Waals surface area contributed by atoms with E-state index in [9.17, 15) is 14.4 Å². The Bertz CT molecular complexity index is 1010. The number of carbonyl (C=O) groups excluding carboxylic acids is 3. The van der Waals surface area contributed by atoms with Crippen LogP contribution in [-0.2, 0) is 20.9 Å². The molecule has 1 aliphatic carbocycles. The number of nitrogens with zero attached hydrogens (tertiary/aromatic N) is 2. The average molecular weight is 493 g/mol. The lowest BCUT2D eigenvalue weighted by molar-refractivity contribution is -0.150. The summed E-state index contributed by atoms with van der Waals surface area (Å²) in [5, 5.41) is 0. The Kier molecular flexibility index (Phi) is 8.95. The molecule has 4 rings (SSSR count). The average Bonchev–Trinajstić information content (AvgIpc) is 2.93. The molecule has 1 aliphatic heterocycles. The molecule has 8 heteroatoms. The summed E-state index contributed by atoms with van der Waals surface area (Å²) in [6.45, 7) is 6.99. The molecule has 1 saturated carbocycles. The number of hydrogen-bond donors (Lipinski definition) is 2. The van der Waals surface area contributed by atoms with Gasteiger partial charge in [-0.3, -0.25) is 30.1 Å². The summed E-state index contributed by atoms with van der Waals surface area (Å²) in [6.07, 6.45) is 2.48. The van der Waals surface area contributed by atoms with Gasteiger partial charge in [0.1, 0.15) is 0 Å². The van der Waals surface area contributed by atoms with Crippen molar-refractivity contribution in [1.82, 2.24) is 15.8 Å². The predicted octanol–water partition coefficient (Wildman–Crippen LogP) is 3.14. The molecule has 36 heavy (non-hydrogen) atoms. The summed E-state index contributed by atoms with van der Waals surface area (Å²) < 4.78 is 5.08. The molecule has 2 aromatic carbocycles. The van der Waals surface area contributed by atoms with Gasteiger partial charge in [0.05, 0.1) is 12.5 Å². The minimum Gasteiger partial charge on any atom is -0.466 e. The van der Waals surface area contributed by atoms with E-state index < -0.39 is 0 Å². The Labute approximate surface area is 213 Å². The normalized spacial score (nSPS) is 20.4. The van der Waals surface area contributed by atoms with Gasteiger partial charge in [-0.05, 0) is 62.4 Å². The largest absolute Gasteiger partial charge is 0.466 e. The maximum Gasteiger partial charge on any atom is 0.308 e. The highest BCUT2D eigenvalue weighted by atomic mass is 16.5. The van der Waals surface area contributed by atoms with E-state index in [4.69, 9.17) is 4.74 Å². The number of benzene rings is 2. The molecule has 8 nitrogen and oxygen atoms in total. The zero-order chi connectivity index (χ0) is 25.3. The third-order valence-corrected chi connectivity index (χ3v) is 7.13. The molecule has 2 aromatic rings. The van der Waals surface area contributed by atoms with Gasteiger partial charge in [0.25, 0.3) is 5.91 Å². The summed E-state index contributed by atoms with van der Waals surface area (Å²) >= 11 is 0. The first-order valence-electron chi connectivity index (χ1n) is 12.9. The lowest BCUT2D eigenvalue weighted by Gasteiger charge is -2.36. The van der Waals surface area contributed by atoms with E-state index in [1.807, 2.05) is 18.2 Å². The van der Waals surface area contributed by atoms with Crippen LogP contribution < -0.4 is 15.8 Å². The summed E-state index contributed by atoms with van der Waals surface area (Å²) in [6, 6.07) is 18.0. The van der Waals surface area contributed by atoms with Gasteiger partial charge in [-0.25, -0.2) is 0 Å². The van der Waals surface area contributed by atoms with Crippen LogP contribution in [0.1, 0.15) is 48.5 Å². The highest BCUT2D eigenvalue weighted by molar-refractivity contribution is 5.95. The van der Waals surface area contributed by atoms with Crippen molar-refractivity contribution < 1.29 is 19.1 Å². The maximum atomic E-state index is 12.5. The molecule has 0 unspecified atom stereocenters. The molecular formula is C28H36N4O4. The number of hydrazine groups is 1. The molecule has 2 amide bonds.